The summed E-state index contributed by atoms with van der Waals surface area (Å²) in [6.07, 6.45) is 0.763. The molecule has 4 rings (SSSR count). The van der Waals surface area contributed by atoms with Gasteiger partial charge in [-0.1, -0.05) is 6.07 Å². The van der Waals surface area contributed by atoms with Crippen LogP contribution in [0.2, 0.25) is 0 Å². The molecule has 2 amide bonds. The molecule has 0 bridgehead atoms. The topological polar surface area (TPSA) is 90.6 Å². The molecule has 1 atom stereocenters. The zero-order valence-corrected chi connectivity index (χ0v) is 15.5. The predicted octanol–water partition coefficient (Wildman–Crippen LogP) is 0.941. The maximum Gasteiger partial charge on any atom is 0.275 e. The Hall–Kier alpha value is -2.87. The lowest BCUT2D eigenvalue weighted by atomic mass is 10.0. The van der Waals surface area contributed by atoms with Crippen molar-refractivity contribution in [3.63, 3.8) is 0 Å². The SMILES string of the molecule is COc1cccc(N2CCN(C(=O)c3n[nH]c4c3CCNC4)C(C)C2=O)c1. The Kier molecular flexibility index (Phi) is 4.57. The zero-order valence-electron chi connectivity index (χ0n) is 15.5. The Bertz CT molecular complexity index is 878. The van der Waals surface area contributed by atoms with E-state index in [4.69, 9.17) is 4.74 Å². The fraction of sp³-hybridized carbons (Fsp3) is 0.421. The van der Waals surface area contributed by atoms with Crippen LogP contribution < -0.4 is 15.0 Å². The molecular weight excluding hydrogens is 346 g/mol. The predicted molar refractivity (Wildman–Crippen MR) is 99.8 cm³/mol. The van der Waals surface area contributed by atoms with Gasteiger partial charge in [-0.2, -0.15) is 5.10 Å². The molecular formula is C19H23N5O3. The Labute approximate surface area is 157 Å². The molecule has 27 heavy (non-hydrogen) atoms. The van der Waals surface area contributed by atoms with E-state index in [0.29, 0.717) is 31.1 Å². The third kappa shape index (κ3) is 3.06. The van der Waals surface area contributed by atoms with Gasteiger partial charge in [-0.25, -0.2) is 0 Å². The number of aromatic amines is 1. The number of carbonyl (C=O) groups excluding carboxylic acids is 2. The molecule has 0 saturated carbocycles. The third-order valence-electron chi connectivity index (χ3n) is 5.29. The van der Waals surface area contributed by atoms with E-state index in [0.717, 1.165) is 29.9 Å². The Balaban J connectivity index is 1.54. The zero-order chi connectivity index (χ0) is 19.0. The van der Waals surface area contributed by atoms with Crippen LogP contribution in [0.5, 0.6) is 5.75 Å². The van der Waals surface area contributed by atoms with Crippen molar-refractivity contribution in [2.45, 2.75) is 25.9 Å². The summed E-state index contributed by atoms with van der Waals surface area (Å²) >= 11 is 0. The van der Waals surface area contributed by atoms with Gasteiger partial charge in [-0.3, -0.25) is 14.7 Å². The average molecular weight is 369 g/mol. The molecule has 0 aliphatic carbocycles. The number of nitrogens with zero attached hydrogens (tertiary/aromatic N) is 3. The smallest absolute Gasteiger partial charge is 0.275 e. The minimum atomic E-state index is -0.550. The fourth-order valence-electron chi connectivity index (χ4n) is 3.74. The van der Waals surface area contributed by atoms with E-state index in [9.17, 15) is 9.59 Å². The largest absolute Gasteiger partial charge is 0.497 e. The van der Waals surface area contributed by atoms with Crippen LogP contribution in [0, 0.1) is 0 Å². The van der Waals surface area contributed by atoms with E-state index in [1.807, 2.05) is 24.3 Å². The number of piperazine rings is 1. The van der Waals surface area contributed by atoms with Crippen molar-refractivity contribution >= 4 is 17.5 Å². The van der Waals surface area contributed by atoms with Crippen LogP contribution in [0.15, 0.2) is 24.3 Å². The summed E-state index contributed by atoms with van der Waals surface area (Å²) < 4.78 is 5.25. The van der Waals surface area contributed by atoms with Gasteiger partial charge < -0.3 is 19.9 Å². The van der Waals surface area contributed by atoms with Crippen LogP contribution in [-0.2, 0) is 17.8 Å². The standard InChI is InChI=1S/C19H23N5O3/c1-12-18(25)24(13-4-3-5-14(10-13)27-2)9-8-23(12)19(26)17-15-6-7-20-11-16(15)21-22-17/h3-5,10,12,20H,6-9,11H2,1-2H3,(H,21,22). The van der Waals surface area contributed by atoms with E-state index in [1.54, 1.807) is 23.8 Å². The summed E-state index contributed by atoms with van der Waals surface area (Å²) in [5.41, 5.74) is 3.15. The van der Waals surface area contributed by atoms with Crippen molar-refractivity contribution in [2.75, 3.05) is 31.6 Å². The van der Waals surface area contributed by atoms with Gasteiger partial charge in [0.1, 0.15) is 11.8 Å². The van der Waals surface area contributed by atoms with Gasteiger partial charge in [0.15, 0.2) is 5.69 Å². The minimum absolute atomic E-state index is 0.103. The number of amides is 2. The molecule has 3 heterocycles. The molecule has 1 saturated heterocycles. The number of carbonyl (C=O) groups is 2. The number of aromatic nitrogens is 2. The Morgan fingerprint density at radius 1 is 1.33 bits per heavy atom. The molecule has 1 aromatic heterocycles. The molecule has 2 aliphatic heterocycles. The van der Waals surface area contributed by atoms with Gasteiger partial charge >= 0.3 is 0 Å². The summed E-state index contributed by atoms with van der Waals surface area (Å²) in [5, 5.41) is 10.4. The van der Waals surface area contributed by atoms with Crippen molar-refractivity contribution in [1.29, 1.82) is 0 Å². The quantitative estimate of drug-likeness (QED) is 0.840. The molecule has 142 valence electrons. The molecule has 8 nitrogen and oxygen atoms in total. The second-order valence-electron chi connectivity index (χ2n) is 6.82. The maximum absolute atomic E-state index is 13.1. The second kappa shape index (κ2) is 7.03. The number of H-pyrrole nitrogens is 1. The van der Waals surface area contributed by atoms with Gasteiger partial charge in [0.2, 0.25) is 5.91 Å². The summed E-state index contributed by atoms with van der Waals surface area (Å²) in [4.78, 5) is 29.3. The molecule has 0 radical (unpaired) electrons. The molecule has 2 aliphatic rings. The first-order valence-electron chi connectivity index (χ1n) is 9.13. The van der Waals surface area contributed by atoms with Crippen LogP contribution >= 0.6 is 0 Å². The summed E-state index contributed by atoms with van der Waals surface area (Å²) in [6, 6.07) is 6.85. The molecule has 1 fully saturated rings. The lowest BCUT2D eigenvalue weighted by Crippen LogP contribution is -2.58. The van der Waals surface area contributed by atoms with E-state index in [-0.39, 0.29) is 11.8 Å². The highest BCUT2D eigenvalue weighted by Gasteiger charge is 2.37. The number of hydrogen-bond donors (Lipinski definition) is 2. The second-order valence-corrected chi connectivity index (χ2v) is 6.82. The molecule has 0 spiro atoms. The number of hydrogen-bond acceptors (Lipinski definition) is 5. The number of ether oxygens (including phenoxy) is 1. The summed E-state index contributed by atoms with van der Waals surface area (Å²) in [6.45, 7) is 4.19. The number of benzene rings is 1. The number of methoxy groups -OCH3 is 1. The highest BCUT2D eigenvalue weighted by molar-refractivity contribution is 6.03. The number of nitrogens with one attached hydrogen (secondary N) is 2. The molecule has 2 aromatic rings. The van der Waals surface area contributed by atoms with Crippen LogP contribution in [-0.4, -0.2) is 59.7 Å². The molecule has 8 heteroatoms. The molecule has 2 N–H and O–H groups in total. The van der Waals surface area contributed by atoms with Gasteiger partial charge in [0.25, 0.3) is 5.91 Å². The highest BCUT2D eigenvalue weighted by Crippen LogP contribution is 2.26. The Morgan fingerprint density at radius 2 is 2.19 bits per heavy atom. The van der Waals surface area contributed by atoms with Crippen LogP contribution in [0.25, 0.3) is 0 Å². The molecule has 1 unspecified atom stereocenters. The minimum Gasteiger partial charge on any atom is -0.497 e. The van der Waals surface area contributed by atoms with Crippen molar-refractivity contribution in [3.8, 4) is 5.75 Å². The number of anilines is 1. The van der Waals surface area contributed by atoms with E-state index in [1.165, 1.54) is 0 Å². The number of rotatable bonds is 3. The van der Waals surface area contributed by atoms with E-state index < -0.39 is 6.04 Å². The van der Waals surface area contributed by atoms with E-state index >= 15 is 0 Å². The fourth-order valence-corrected chi connectivity index (χ4v) is 3.74. The van der Waals surface area contributed by atoms with Crippen molar-refractivity contribution in [3.05, 3.63) is 41.2 Å². The lowest BCUT2D eigenvalue weighted by molar-refractivity contribution is -0.124. The van der Waals surface area contributed by atoms with Gasteiger partial charge in [0, 0.05) is 37.0 Å². The van der Waals surface area contributed by atoms with Crippen LogP contribution in [0.1, 0.15) is 28.7 Å². The molecule has 1 aromatic carbocycles. The lowest BCUT2D eigenvalue weighted by Gasteiger charge is -2.39. The van der Waals surface area contributed by atoms with Crippen molar-refractivity contribution < 1.29 is 14.3 Å². The van der Waals surface area contributed by atoms with Gasteiger partial charge in [0.05, 0.1) is 12.8 Å². The monoisotopic (exact) mass is 369 g/mol. The average Bonchev–Trinajstić information content (AvgIpc) is 3.13. The van der Waals surface area contributed by atoms with Crippen molar-refractivity contribution in [1.82, 2.24) is 20.4 Å². The first-order chi connectivity index (χ1) is 13.1. The maximum atomic E-state index is 13.1. The number of fused-ring (bicyclic) bond motifs is 1. The van der Waals surface area contributed by atoms with Crippen LogP contribution in [0.3, 0.4) is 0 Å². The third-order valence-corrected chi connectivity index (χ3v) is 5.29. The van der Waals surface area contributed by atoms with E-state index in [2.05, 4.69) is 15.5 Å². The van der Waals surface area contributed by atoms with Gasteiger partial charge in [-0.15, -0.1) is 0 Å². The first kappa shape index (κ1) is 17.5. The van der Waals surface area contributed by atoms with Gasteiger partial charge in [-0.05, 0) is 32.0 Å². The first-order valence-corrected chi connectivity index (χ1v) is 9.13. The normalized spacial score (nSPS) is 19.8. The Morgan fingerprint density at radius 3 is 3.00 bits per heavy atom. The summed E-state index contributed by atoms with van der Waals surface area (Å²) in [7, 11) is 1.60. The van der Waals surface area contributed by atoms with Crippen LogP contribution in [0.4, 0.5) is 5.69 Å². The summed E-state index contributed by atoms with van der Waals surface area (Å²) in [5.74, 6) is 0.415. The van der Waals surface area contributed by atoms with Crippen molar-refractivity contribution in [2.24, 2.45) is 0 Å². The highest BCUT2D eigenvalue weighted by atomic mass is 16.5.